The molecule has 0 atom stereocenters. The van der Waals surface area contributed by atoms with Crippen molar-refractivity contribution in [1.29, 1.82) is 0 Å². The van der Waals surface area contributed by atoms with Gasteiger partial charge in [0.1, 0.15) is 5.75 Å². The van der Waals surface area contributed by atoms with Gasteiger partial charge in [0, 0.05) is 6.54 Å². The standard InChI is InChI=1S/C17H18N2O3S/c1-20-12-8-7-11(9-14(12)22-3)10-18-17-16-13(21-2)5-4-6-15(16)23-19-17/h4-9H,10H2,1-3H3,(H,18,19). The number of nitrogens with one attached hydrogen (secondary N) is 1. The Balaban J connectivity index is 1.84. The fraction of sp³-hybridized carbons (Fsp3) is 0.235. The maximum Gasteiger partial charge on any atom is 0.161 e. The molecule has 3 aromatic rings. The lowest BCUT2D eigenvalue weighted by molar-refractivity contribution is 0.354. The number of anilines is 1. The molecule has 0 aliphatic carbocycles. The van der Waals surface area contributed by atoms with Gasteiger partial charge in [0.15, 0.2) is 17.3 Å². The van der Waals surface area contributed by atoms with E-state index >= 15 is 0 Å². The lowest BCUT2D eigenvalue weighted by Crippen LogP contribution is -2.01. The monoisotopic (exact) mass is 330 g/mol. The fourth-order valence-electron chi connectivity index (χ4n) is 2.43. The Labute approximate surface area is 139 Å². The lowest BCUT2D eigenvalue weighted by atomic mass is 10.2. The first kappa shape index (κ1) is 15.4. The van der Waals surface area contributed by atoms with Crippen LogP contribution in [0, 0.1) is 0 Å². The molecule has 23 heavy (non-hydrogen) atoms. The Morgan fingerprint density at radius 2 is 1.74 bits per heavy atom. The van der Waals surface area contributed by atoms with Crippen LogP contribution in [-0.4, -0.2) is 25.7 Å². The summed E-state index contributed by atoms with van der Waals surface area (Å²) in [6, 6.07) is 11.8. The van der Waals surface area contributed by atoms with Crippen LogP contribution in [0.4, 0.5) is 5.82 Å². The second-order valence-corrected chi connectivity index (χ2v) is 5.71. The molecular weight excluding hydrogens is 312 g/mol. The summed E-state index contributed by atoms with van der Waals surface area (Å²) in [4.78, 5) is 0. The first-order valence-corrected chi connectivity index (χ1v) is 7.91. The van der Waals surface area contributed by atoms with Crippen LogP contribution in [0.2, 0.25) is 0 Å². The Bertz CT molecular complexity index is 817. The summed E-state index contributed by atoms with van der Waals surface area (Å²) in [5, 5.41) is 4.38. The van der Waals surface area contributed by atoms with E-state index in [0.29, 0.717) is 12.3 Å². The van der Waals surface area contributed by atoms with Crippen LogP contribution in [-0.2, 0) is 6.54 Å². The molecule has 0 unspecified atom stereocenters. The molecule has 6 heteroatoms. The molecule has 120 valence electrons. The zero-order valence-corrected chi connectivity index (χ0v) is 14.1. The van der Waals surface area contributed by atoms with Crippen LogP contribution in [0.15, 0.2) is 36.4 Å². The summed E-state index contributed by atoms with van der Waals surface area (Å²) in [5.74, 6) is 3.09. The zero-order chi connectivity index (χ0) is 16.2. The van der Waals surface area contributed by atoms with Crippen molar-refractivity contribution in [3.63, 3.8) is 0 Å². The van der Waals surface area contributed by atoms with E-state index in [2.05, 4.69) is 9.69 Å². The van der Waals surface area contributed by atoms with E-state index in [1.165, 1.54) is 11.5 Å². The Morgan fingerprint density at radius 3 is 2.48 bits per heavy atom. The van der Waals surface area contributed by atoms with Gasteiger partial charge in [0.05, 0.1) is 31.4 Å². The number of ether oxygens (including phenoxy) is 3. The minimum Gasteiger partial charge on any atom is -0.496 e. The van der Waals surface area contributed by atoms with Crippen LogP contribution in [0.5, 0.6) is 17.2 Å². The summed E-state index contributed by atoms with van der Waals surface area (Å²) < 4.78 is 21.6. The maximum absolute atomic E-state index is 5.44. The number of hydrogen-bond donors (Lipinski definition) is 1. The zero-order valence-electron chi connectivity index (χ0n) is 13.3. The normalized spacial score (nSPS) is 10.6. The predicted octanol–water partition coefficient (Wildman–Crippen LogP) is 3.93. The number of nitrogens with zero attached hydrogens (tertiary/aromatic N) is 1. The van der Waals surface area contributed by atoms with Crippen molar-refractivity contribution in [3.05, 3.63) is 42.0 Å². The van der Waals surface area contributed by atoms with Crippen molar-refractivity contribution < 1.29 is 14.2 Å². The third-order valence-electron chi connectivity index (χ3n) is 3.59. The van der Waals surface area contributed by atoms with Crippen LogP contribution in [0.25, 0.3) is 10.1 Å². The SMILES string of the molecule is COc1ccc(CNc2nsc3cccc(OC)c23)cc1OC. The summed E-state index contributed by atoms with van der Waals surface area (Å²) in [6.45, 7) is 0.636. The van der Waals surface area contributed by atoms with Crippen LogP contribution < -0.4 is 19.5 Å². The second kappa shape index (κ2) is 6.75. The molecule has 1 heterocycles. The molecule has 1 aromatic heterocycles. The highest BCUT2D eigenvalue weighted by molar-refractivity contribution is 7.13. The number of rotatable bonds is 6. The first-order valence-electron chi connectivity index (χ1n) is 7.14. The number of fused-ring (bicyclic) bond motifs is 1. The molecule has 0 saturated heterocycles. The van der Waals surface area contributed by atoms with Crippen molar-refractivity contribution in [2.24, 2.45) is 0 Å². The van der Waals surface area contributed by atoms with E-state index in [1.54, 1.807) is 21.3 Å². The highest BCUT2D eigenvalue weighted by atomic mass is 32.1. The van der Waals surface area contributed by atoms with Crippen LogP contribution in [0.3, 0.4) is 0 Å². The van der Waals surface area contributed by atoms with Crippen molar-refractivity contribution in [2.75, 3.05) is 26.6 Å². The molecule has 0 aliphatic rings. The maximum atomic E-state index is 5.44. The third kappa shape index (κ3) is 3.03. The molecule has 0 spiro atoms. The van der Waals surface area contributed by atoms with Gasteiger partial charge < -0.3 is 19.5 Å². The van der Waals surface area contributed by atoms with Crippen LogP contribution >= 0.6 is 11.5 Å². The van der Waals surface area contributed by atoms with Gasteiger partial charge in [-0.25, -0.2) is 0 Å². The number of hydrogen-bond acceptors (Lipinski definition) is 6. The van der Waals surface area contributed by atoms with E-state index in [9.17, 15) is 0 Å². The molecule has 0 fully saturated rings. The van der Waals surface area contributed by atoms with Crippen LogP contribution in [0.1, 0.15) is 5.56 Å². The topological polar surface area (TPSA) is 52.6 Å². The van der Waals surface area contributed by atoms with Crippen molar-refractivity contribution in [1.82, 2.24) is 4.37 Å². The predicted molar refractivity (Wildman–Crippen MR) is 93.0 cm³/mol. The van der Waals surface area contributed by atoms with E-state index in [-0.39, 0.29) is 0 Å². The van der Waals surface area contributed by atoms with Crippen molar-refractivity contribution >= 4 is 27.4 Å². The molecule has 1 N–H and O–H groups in total. The molecule has 0 aliphatic heterocycles. The Morgan fingerprint density at radius 1 is 0.957 bits per heavy atom. The van der Waals surface area contributed by atoms with E-state index < -0.39 is 0 Å². The Hall–Kier alpha value is -2.47. The minimum absolute atomic E-state index is 0.636. The summed E-state index contributed by atoms with van der Waals surface area (Å²) in [6.07, 6.45) is 0. The van der Waals surface area contributed by atoms with Gasteiger partial charge in [-0.05, 0) is 41.4 Å². The van der Waals surface area contributed by atoms with Gasteiger partial charge in [-0.2, -0.15) is 4.37 Å². The second-order valence-electron chi connectivity index (χ2n) is 4.91. The number of methoxy groups -OCH3 is 3. The summed E-state index contributed by atoms with van der Waals surface area (Å²) in [7, 11) is 4.93. The fourth-order valence-corrected chi connectivity index (χ4v) is 3.20. The largest absolute Gasteiger partial charge is 0.496 e. The molecule has 0 radical (unpaired) electrons. The molecule has 0 bridgehead atoms. The van der Waals surface area contributed by atoms with Crippen molar-refractivity contribution in [3.8, 4) is 17.2 Å². The van der Waals surface area contributed by atoms with E-state index in [4.69, 9.17) is 14.2 Å². The molecule has 5 nitrogen and oxygen atoms in total. The highest BCUT2D eigenvalue weighted by Gasteiger charge is 2.11. The Kier molecular flexibility index (Phi) is 4.52. The third-order valence-corrected chi connectivity index (χ3v) is 4.40. The highest BCUT2D eigenvalue weighted by Crippen LogP contribution is 2.35. The number of benzene rings is 2. The molecular formula is C17H18N2O3S. The van der Waals surface area contributed by atoms with Gasteiger partial charge >= 0.3 is 0 Å². The van der Waals surface area contributed by atoms with E-state index in [1.807, 2.05) is 36.4 Å². The molecule has 0 saturated carbocycles. The van der Waals surface area contributed by atoms with Gasteiger partial charge in [-0.15, -0.1) is 0 Å². The van der Waals surface area contributed by atoms with E-state index in [0.717, 1.165) is 33.0 Å². The molecule has 3 rings (SSSR count). The lowest BCUT2D eigenvalue weighted by Gasteiger charge is -2.10. The van der Waals surface area contributed by atoms with Gasteiger partial charge in [-0.1, -0.05) is 12.1 Å². The minimum atomic E-state index is 0.636. The average Bonchev–Trinajstić information content (AvgIpc) is 3.02. The summed E-state index contributed by atoms with van der Waals surface area (Å²) >= 11 is 1.46. The molecule has 2 aromatic carbocycles. The van der Waals surface area contributed by atoms with Crippen molar-refractivity contribution in [2.45, 2.75) is 6.54 Å². The van der Waals surface area contributed by atoms with Gasteiger partial charge in [-0.3, -0.25) is 0 Å². The summed E-state index contributed by atoms with van der Waals surface area (Å²) in [5.41, 5.74) is 1.08. The smallest absolute Gasteiger partial charge is 0.161 e. The quantitative estimate of drug-likeness (QED) is 0.742. The van der Waals surface area contributed by atoms with Gasteiger partial charge in [0.25, 0.3) is 0 Å². The average molecular weight is 330 g/mol. The first-order chi connectivity index (χ1) is 11.3. The van der Waals surface area contributed by atoms with Gasteiger partial charge in [0.2, 0.25) is 0 Å². The number of aromatic nitrogens is 1. The molecule has 0 amide bonds.